The van der Waals surface area contributed by atoms with E-state index in [2.05, 4.69) is 9.47 Å². The zero-order chi connectivity index (χ0) is 7.98. The van der Waals surface area contributed by atoms with Crippen LogP contribution in [0.1, 0.15) is 0 Å². The van der Waals surface area contributed by atoms with Gasteiger partial charge in [-0.3, -0.25) is 4.90 Å². The van der Waals surface area contributed by atoms with E-state index in [-0.39, 0.29) is 6.73 Å². The van der Waals surface area contributed by atoms with Crippen LogP contribution >= 0.6 is 0 Å². The molecule has 0 aliphatic heterocycles. The summed E-state index contributed by atoms with van der Waals surface area (Å²) in [6, 6.07) is 0. The van der Waals surface area contributed by atoms with E-state index in [9.17, 15) is 4.79 Å². The summed E-state index contributed by atoms with van der Waals surface area (Å²) >= 11 is 0. The fourth-order valence-electron chi connectivity index (χ4n) is 0.423. The van der Waals surface area contributed by atoms with Gasteiger partial charge in [0.1, 0.15) is 13.5 Å². The summed E-state index contributed by atoms with van der Waals surface area (Å²) in [5.41, 5.74) is 0. The van der Waals surface area contributed by atoms with Crippen molar-refractivity contribution in [1.29, 1.82) is 0 Å². The van der Waals surface area contributed by atoms with E-state index in [0.29, 0.717) is 6.73 Å². The molecule has 0 atom stereocenters. The van der Waals surface area contributed by atoms with Crippen LogP contribution in [0, 0.1) is 0 Å². The molecule has 0 rings (SSSR count). The van der Waals surface area contributed by atoms with Gasteiger partial charge in [-0.1, -0.05) is 0 Å². The Morgan fingerprint density at radius 2 is 2.20 bits per heavy atom. The second kappa shape index (κ2) is 5.01. The highest BCUT2D eigenvalue weighted by Gasteiger charge is 1.99. The lowest BCUT2D eigenvalue weighted by Crippen LogP contribution is -2.25. The Morgan fingerprint density at radius 1 is 1.60 bits per heavy atom. The predicted molar refractivity (Wildman–Crippen MR) is 33.6 cm³/mol. The Hall–Kier alpha value is -0.810. The van der Waals surface area contributed by atoms with Gasteiger partial charge in [-0.2, -0.15) is 0 Å². The molecule has 0 heterocycles. The number of carboxylic acid groups (broad SMARTS) is 1. The molecule has 0 radical (unpaired) electrons. The van der Waals surface area contributed by atoms with Gasteiger partial charge in [-0.15, -0.1) is 0 Å². The molecule has 10 heavy (non-hydrogen) atoms. The van der Waals surface area contributed by atoms with Gasteiger partial charge >= 0.3 is 6.16 Å². The third-order valence-electron chi connectivity index (χ3n) is 0.758. The van der Waals surface area contributed by atoms with Crippen LogP contribution in [0.15, 0.2) is 0 Å². The minimum absolute atomic E-state index is 0.0309. The van der Waals surface area contributed by atoms with Gasteiger partial charge in [0, 0.05) is 7.11 Å². The molecule has 0 aromatic rings. The second-order valence-electron chi connectivity index (χ2n) is 1.81. The lowest BCUT2D eigenvalue weighted by atomic mass is 10.9. The van der Waals surface area contributed by atoms with Crippen LogP contribution in [0.25, 0.3) is 0 Å². The maximum absolute atomic E-state index is 9.82. The molecular formula is C5H11NO4. The Kier molecular flexibility index (Phi) is 4.61. The molecule has 0 amide bonds. The maximum atomic E-state index is 9.82. The monoisotopic (exact) mass is 149 g/mol. The van der Waals surface area contributed by atoms with Gasteiger partial charge in [0.2, 0.25) is 0 Å². The minimum Gasteiger partial charge on any atom is -0.450 e. The molecule has 0 saturated heterocycles. The second-order valence-corrected chi connectivity index (χ2v) is 1.81. The Morgan fingerprint density at radius 3 is 2.60 bits per heavy atom. The molecule has 60 valence electrons. The van der Waals surface area contributed by atoms with E-state index >= 15 is 0 Å². The number of ether oxygens (including phenoxy) is 2. The average Bonchev–Trinajstić information content (AvgIpc) is 1.85. The maximum Gasteiger partial charge on any atom is 0.507 e. The lowest BCUT2D eigenvalue weighted by Gasteiger charge is -2.12. The lowest BCUT2D eigenvalue weighted by molar-refractivity contribution is -0.00352. The molecule has 1 N–H and O–H groups in total. The number of nitrogens with zero attached hydrogens (tertiary/aromatic N) is 1. The van der Waals surface area contributed by atoms with Crippen molar-refractivity contribution in [3.8, 4) is 0 Å². The van der Waals surface area contributed by atoms with E-state index in [4.69, 9.17) is 5.11 Å². The van der Waals surface area contributed by atoms with Gasteiger partial charge in [-0.25, -0.2) is 4.79 Å². The summed E-state index contributed by atoms with van der Waals surface area (Å²) in [5, 5.41) is 8.04. The van der Waals surface area contributed by atoms with Crippen molar-refractivity contribution < 1.29 is 19.4 Å². The number of hydrogen-bond acceptors (Lipinski definition) is 4. The summed E-state index contributed by atoms with van der Waals surface area (Å²) in [7, 11) is 3.21. The van der Waals surface area contributed by atoms with Crippen LogP contribution in [0.3, 0.4) is 0 Å². The molecule has 0 spiro atoms. The molecular weight excluding hydrogens is 138 g/mol. The van der Waals surface area contributed by atoms with E-state index in [0.717, 1.165) is 0 Å². The van der Waals surface area contributed by atoms with Gasteiger partial charge in [-0.05, 0) is 7.05 Å². The zero-order valence-corrected chi connectivity index (χ0v) is 6.03. The van der Waals surface area contributed by atoms with Crippen molar-refractivity contribution in [1.82, 2.24) is 4.90 Å². The topological polar surface area (TPSA) is 59.0 Å². The average molecular weight is 149 g/mol. The summed E-state index contributed by atoms with van der Waals surface area (Å²) in [5.74, 6) is 0. The normalized spacial score (nSPS) is 9.90. The first kappa shape index (κ1) is 9.19. The molecule has 5 nitrogen and oxygen atoms in total. The molecule has 0 aliphatic carbocycles. The summed E-state index contributed by atoms with van der Waals surface area (Å²) in [6.07, 6.45) is -1.28. The van der Waals surface area contributed by atoms with E-state index in [1.807, 2.05) is 0 Å². The van der Waals surface area contributed by atoms with Crippen LogP contribution < -0.4 is 0 Å². The molecule has 0 aromatic carbocycles. The highest BCUT2D eigenvalue weighted by atomic mass is 16.7. The summed E-state index contributed by atoms with van der Waals surface area (Å²) in [4.78, 5) is 11.4. The fourth-order valence-corrected chi connectivity index (χ4v) is 0.423. The van der Waals surface area contributed by atoms with Crippen molar-refractivity contribution >= 4 is 6.16 Å². The highest BCUT2D eigenvalue weighted by molar-refractivity contribution is 5.56. The van der Waals surface area contributed by atoms with Crippen molar-refractivity contribution in [2.75, 3.05) is 27.6 Å². The van der Waals surface area contributed by atoms with E-state index in [1.54, 1.807) is 11.9 Å². The smallest absolute Gasteiger partial charge is 0.450 e. The Labute approximate surface area is 59.1 Å². The van der Waals surface area contributed by atoms with Crippen LogP contribution in [0.4, 0.5) is 4.79 Å². The van der Waals surface area contributed by atoms with Gasteiger partial charge in [0.05, 0.1) is 0 Å². The molecule has 0 saturated carbocycles. The van der Waals surface area contributed by atoms with Gasteiger partial charge < -0.3 is 14.6 Å². The van der Waals surface area contributed by atoms with Crippen LogP contribution in [-0.2, 0) is 9.47 Å². The number of methoxy groups -OCH3 is 1. The Balaban J connectivity index is 3.21. The van der Waals surface area contributed by atoms with Crippen molar-refractivity contribution in [3.63, 3.8) is 0 Å². The first-order valence-corrected chi connectivity index (χ1v) is 2.70. The van der Waals surface area contributed by atoms with Crippen LogP contribution in [0.2, 0.25) is 0 Å². The van der Waals surface area contributed by atoms with Gasteiger partial charge in [0.25, 0.3) is 0 Å². The fraction of sp³-hybridized carbons (Fsp3) is 0.800. The zero-order valence-electron chi connectivity index (χ0n) is 6.03. The number of hydrogen-bond donors (Lipinski definition) is 1. The minimum atomic E-state index is -1.28. The van der Waals surface area contributed by atoms with Crippen molar-refractivity contribution in [2.24, 2.45) is 0 Å². The van der Waals surface area contributed by atoms with Crippen LogP contribution in [0.5, 0.6) is 0 Å². The number of carbonyl (C=O) groups is 1. The third kappa shape index (κ3) is 5.33. The first-order chi connectivity index (χ1) is 4.66. The third-order valence-corrected chi connectivity index (χ3v) is 0.758. The standard InChI is InChI=1S/C5H11NO4/c1-6(3-9-2)4-10-5(7)8/h3-4H2,1-2H3,(H,7,8). The summed E-state index contributed by atoms with van der Waals surface area (Å²) < 4.78 is 8.91. The Bertz CT molecular complexity index is 106. The first-order valence-electron chi connectivity index (χ1n) is 2.70. The van der Waals surface area contributed by atoms with Crippen molar-refractivity contribution in [3.05, 3.63) is 0 Å². The molecule has 0 unspecified atom stereocenters. The van der Waals surface area contributed by atoms with Crippen molar-refractivity contribution in [2.45, 2.75) is 0 Å². The largest absolute Gasteiger partial charge is 0.507 e. The predicted octanol–water partition coefficient (Wildman–Crippen LogP) is 0.174. The molecule has 0 aromatic heterocycles. The SMILES string of the molecule is COCN(C)COC(=O)O. The van der Waals surface area contributed by atoms with Gasteiger partial charge in [0.15, 0.2) is 0 Å². The molecule has 5 heteroatoms. The molecule has 0 bridgehead atoms. The molecule has 0 fully saturated rings. The summed E-state index contributed by atoms with van der Waals surface area (Å²) in [6.45, 7) is 0.385. The van der Waals surface area contributed by atoms with E-state index in [1.165, 1.54) is 7.11 Å². The number of rotatable bonds is 4. The highest BCUT2D eigenvalue weighted by Crippen LogP contribution is 1.83. The molecule has 0 aliphatic rings. The van der Waals surface area contributed by atoms with E-state index < -0.39 is 6.16 Å². The van der Waals surface area contributed by atoms with Crippen LogP contribution in [-0.4, -0.2) is 43.8 Å². The quantitative estimate of drug-likeness (QED) is 0.456.